The normalized spacial score (nSPS) is 12.2. The van der Waals surface area contributed by atoms with Crippen LogP contribution in [-0.4, -0.2) is 18.8 Å². The van der Waals surface area contributed by atoms with Gasteiger partial charge in [0, 0.05) is 11.8 Å². The van der Waals surface area contributed by atoms with E-state index >= 15 is 0 Å². The topological polar surface area (TPSA) is 26.3 Å². The van der Waals surface area contributed by atoms with Crippen LogP contribution in [0, 0.1) is 11.7 Å². The first-order valence-electron chi connectivity index (χ1n) is 5.47. The van der Waals surface area contributed by atoms with Gasteiger partial charge in [-0.2, -0.15) is 0 Å². The van der Waals surface area contributed by atoms with E-state index in [1.54, 1.807) is 12.1 Å². The number of rotatable bonds is 6. The monoisotopic (exact) mass is 258 g/mol. The summed E-state index contributed by atoms with van der Waals surface area (Å²) in [6.07, 6.45) is 1.13. The molecule has 2 nitrogen and oxygen atoms in total. The molecule has 0 heterocycles. The molecule has 0 bridgehead atoms. The lowest BCUT2D eigenvalue weighted by molar-refractivity contribution is -0.120. The summed E-state index contributed by atoms with van der Waals surface area (Å²) in [6.45, 7) is 1.54. The van der Waals surface area contributed by atoms with Crippen molar-refractivity contribution < 1.29 is 13.9 Å². The Kier molecular flexibility index (Phi) is 5.42. The number of ether oxygens (including phenoxy) is 1. The SMILES string of the molecule is COc1ccc(CC(CCCl)C(C)=O)cc1F. The summed E-state index contributed by atoms with van der Waals surface area (Å²) in [5.74, 6) is 0.189. The second kappa shape index (κ2) is 6.60. The molecule has 17 heavy (non-hydrogen) atoms. The summed E-state index contributed by atoms with van der Waals surface area (Å²) < 4.78 is 18.3. The van der Waals surface area contributed by atoms with Crippen molar-refractivity contribution in [1.29, 1.82) is 0 Å². The van der Waals surface area contributed by atoms with Crippen LogP contribution in [0.25, 0.3) is 0 Å². The van der Waals surface area contributed by atoms with Gasteiger partial charge in [-0.15, -0.1) is 11.6 Å². The lowest BCUT2D eigenvalue weighted by atomic mass is 9.93. The average Bonchev–Trinajstić information content (AvgIpc) is 2.28. The van der Waals surface area contributed by atoms with Gasteiger partial charge in [0.2, 0.25) is 0 Å². The van der Waals surface area contributed by atoms with E-state index in [4.69, 9.17) is 16.3 Å². The lowest BCUT2D eigenvalue weighted by Crippen LogP contribution is -2.14. The van der Waals surface area contributed by atoms with Crippen molar-refractivity contribution >= 4 is 17.4 Å². The highest BCUT2D eigenvalue weighted by atomic mass is 35.5. The number of alkyl halides is 1. The average molecular weight is 259 g/mol. The molecule has 0 spiro atoms. The number of hydrogen-bond acceptors (Lipinski definition) is 2. The molecule has 0 aromatic heterocycles. The van der Waals surface area contributed by atoms with E-state index in [1.165, 1.54) is 20.1 Å². The predicted octanol–water partition coefficient (Wildman–Crippen LogP) is 3.21. The second-order valence-corrected chi connectivity index (χ2v) is 4.34. The summed E-state index contributed by atoms with van der Waals surface area (Å²) >= 11 is 5.64. The van der Waals surface area contributed by atoms with Gasteiger partial charge in [-0.25, -0.2) is 4.39 Å². The van der Waals surface area contributed by atoms with Crippen LogP contribution in [0.5, 0.6) is 5.75 Å². The molecule has 94 valence electrons. The molecule has 0 aliphatic heterocycles. The van der Waals surface area contributed by atoms with Crippen molar-refractivity contribution in [3.8, 4) is 5.75 Å². The third kappa shape index (κ3) is 4.00. The van der Waals surface area contributed by atoms with Gasteiger partial charge in [-0.05, 0) is 37.5 Å². The zero-order valence-corrected chi connectivity index (χ0v) is 10.8. The number of carbonyl (C=O) groups excluding carboxylic acids is 1. The molecule has 1 atom stereocenters. The highest BCUT2D eigenvalue weighted by molar-refractivity contribution is 6.18. The second-order valence-electron chi connectivity index (χ2n) is 3.96. The summed E-state index contributed by atoms with van der Waals surface area (Å²) in [4.78, 5) is 11.4. The van der Waals surface area contributed by atoms with Crippen LogP contribution < -0.4 is 4.74 Å². The maximum absolute atomic E-state index is 13.5. The first kappa shape index (κ1) is 14.0. The highest BCUT2D eigenvalue weighted by Crippen LogP contribution is 2.21. The molecule has 0 saturated carbocycles. The molecule has 1 unspecified atom stereocenters. The van der Waals surface area contributed by atoms with E-state index in [0.29, 0.717) is 18.7 Å². The summed E-state index contributed by atoms with van der Waals surface area (Å²) in [5.41, 5.74) is 0.786. The Balaban J connectivity index is 2.79. The molecule has 0 amide bonds. The molecule has 1 aromatic rings. The van der Waals surface area contributed by atoms with E-state index in [1.807, 2.05) is 0 Å². The minimum absolute atomic E-state index is 0.0851. The molecular weight excluding hydrogens is 243 g/mol. The van der Waals surface area contributed by atoms with Crippen LogP contribution in [0.1, 0.15) is 18.9 Å². The molecule has 0 aliphatic carbocycles. The minimum atomic E-state index is -0.404. The predicted molar refractivity (Wildman–Crippen MR) is 66.2 cm³/mol. The molecule has 1 rings (SSSR count). The van der Waals surface area contributed by atoms with Crippen molar-refractivity contribution in [3.05, 3.63) is 29.6 Å². The molecule has 4 heteroatoms. The Morgan fingerprint density at radius 1 is 1.53 bits per heavy atom. The van der Waals surface area contributed by atoms with Gasteiger partial charge >= 0.3 is 0 Å². The van der Waals surface area contributed by atoms with Gasteiger partial charge in [0.25, 0.3) is 0 Å². The highest BCUT2D eigenvalue weighted by Gasteiger charge is 2.15. The minimum Gasteiger partial charge on any atom is -0.494 e. The number of hydrogen-bond donors (Lipinski definition) is 0. The van der Waals surface area contributed by atoms with Crippen molar-refractivity contribution in [1.82, 2.24) is 0 Å². The fourth-order valence-corrected chi connectivity index (χ4v) is 1.97. The van der Waals surface area contributed by atoms with Crippen molar-refractivity contribution in [2.75, 3.05) is 13.0 Å². The van der Waals surface area contributed by atoms with Gasteiger partial charge in [0.05, 0.1) is 7.11 Å². The smallest absolute Gasteiger partial charge is 0.165 e. The van der Waals surface area contributed by atoms with E-state index < -0.39 is 5.82 Å². The Labute approximate surface area is 106 Å². The van der Waals surface area contributed by atoms with E-state index in [2.05, 4.69) is 0 Å². The van der Waals surface area contributed by atoms with Crippen molar-refractivity contribution in [2.45, 2.75) is 19.8 Å². The fraction of sp³-hybridized carbons (Fsp3) is 0.462. The largest absolute Gasteiger partial charge is 0.494 e. The van der Waals surface area contributed by atoms with E-state index in [-0.39, 0.29) is 17.5 Å². The molecule has 1 aromatic carbocycles. The number of ketones is 1. The van der Waals surface area contributed by atoms with Crippen LogP contribution in [-0.2, 0) is 11.2 Å². The van der Waals surface area contributed by atoms with Crippen molar-refractivity contribution in [3.63, 3.8) is 0 Å². The van der Waals surface area contributed by atoms with E-state index in [9.17, 15) is 9.18 Å². The Morgan fingerprint density at radius 3 is 2.71 bits per heavy atom. The van der Waals surface area contributed by atoms with Gasteiger partial charge in [-0.3, -0.25) is 4.79 Å². The number of Topliss-reactive ketones (excluding diaryl/α,β-unsaturated/α-hetero) is 1. The van der Waals surface area contributed by atoms with Crippen LogP contribution in [0.2, 0.25) is 0 Å². The summed E-state index contributed by atoms with van der Waals surface area (Å²) in [6, 6.07) is 4.75. The van der Waals surface area contributed by atoms with Gasteiger partial charge in [0.1, 0.15) is 5.78 Å². The Morgan fingerprint density at radius 2 is 2.24 bits per heavy atom. The first-order valence-corrected chi connectivity index (χ1v) is 6.00. The third-order valence-electron chi connectivity index (χ3n) is 2.73. The van der Waals surface area contributed by atoms with E-state index in [0.717, 1.165) is 5.56 Å². The van der Waals surface area contributed by atoms with Gasteiger partial charge < -0.3 is 4.74 Å². The molecular formula is C13H16ClFO2. The lowest BCUT2D eigenvalue weighted by Gasteiger charge is -2.12. The molecule has 0 radical (unpaired) electrons. The Bertz CT molecular complexity index is 393. The van der Waals surface area contributed by atoms with Crippen LogP contribution >= 0.6 is 11.6 Å². The molecule has 0 N–H and O–H groups in total. The Hall–Kier alpha value is -1.09. The molecule has 0 fully saturated rings. The summed E-state index contributed by atoms with van der Waals surface area (Å²) in [7, 11) is 1.42. The number of carbonyl (C=O) groups is 1. The standard InChI is InChI=1S/C13H16ClFO2/c1-9(16)11(5-6-14)7-10-3-4-13(17-2)12(15)8-10/h3-4,8,11H,5-7H2,1-2H3. The maximum atomic E-state index is 13.5. The molecule has 0 aliphatic rings. The van der Waals surface area contributed by atoms with Gasteiger partial charge in [0.15, 0.2) is 11.6 Å². The molecule has 0 saturated heterocycles. The van der Waals surface area contributed by atoms with Crippen LogP contribution in [0.3, 0.4) is 0 Å². The third-order valence-corrected chi connectivity index (χ3v) is 2.95. The van der Waals surface area contributed by atoms with Crippen molar-refractivity contribution in [2.24, 2.45) is 5.92 Å². The number of halogens is 2. The number of methoxy groups -OCH3 is 1. The fourth-order valence-electron chi connectivity index (χ4n) is 1.70. The zero-order valence-electron chi connectivity index (χ0n) is 10.0. The zero-order chi connectivity index (χ0) is 12.8. The van der Waals surface area contributed by atoms with Crippen LogP contribution in [0.15, 0.2) is 18.2 Å². The van der Waals surface area contributed by atoms with Gasteiger partial charge in [-0.1, -0.05) is 6.07 Å². The van der Waals surface area contributed by atoms with Crippen LogP contribution in [0.4, 0.5) is 4.39 Å². The first-order chi connectivity index (χ1) is 8.08. The number of benzene rings is 1. The maximum Gasteiger partial charge on any atom is 0.165 e. The summed E-state index contributed by atoms with van der Waals surface area (Å²) in [5, 5.41) is 0. The quantitative estimate of drug-likeness (QED) is 0.733.